The van der Waals surface area contributed by atoms with Gasteiger partial charge in [-0.05, 0) is 0 Å². The molecule has 2 fully saturated rings. The maximum atomic E-state index is 6.04. The van der Waals surface area contributed by atoms with Crippen LogP contribution in [0.1, 0.15) is 0 Å². The number of hydrogen-bond acceptors (Lipinski definition) is 3. The molecule has 0 aromatic heterocycles. The van der Waals surface area contributed by atoms with Gasteiger partial charge in [0.15, 0.2) is 0 Å². The van der Waals surface area contributed by atoms with Crippen molar-refractivity contribution in [1.29, 1.82) is 0 Å². The van der Waals surface area contributed by atoms with Crippen molar-refractivity contribution in [3.8, 4) is 0 Å². The second-order valence-corrected chi connectivity index (χ2v) is 4.83. The average molecular weight is 268 g/mol. The van der Waals surface area contributed by atoms with Crippen LogP contribution >= 0.6 is 22.9 Å². The molecule has 11 heavy (non-hydrogen) atoms. The van der Waals surface area contributed by atoms with E-state index in [-0.39, 0.29) is 0 Å². The topological polar surface area (TPSA) is 38.5 Å². The van der Waals surface area contributed by atoms with E-state index in [0.717, 1.165) is 26.3 Å². The molecular formula is C7H13IN2O. The van der Waals surface area contributed by atoms with E-state index in [0.29, 0.717) is 17.9 Å². The van der Waals surface area contributed by atoms with Crippen molar-refractivity contribution in [2.45, 2.75) is 6.04 Å². The van der Waals surface area contributed by atoms with Crippen molar-refractivity contribution >= 4 is 22.9 Å². The van der Waals surface area contributed by atoms with Gasteiger partial charge < -0.3 is 10.5 Å². The van der Waals surface area contributed by atoms with Crippen molar-refractivity contribution in [3.05, 3.63) is 0 Å². The zero-order valence-electron chi connectivity index (χ0n) is 6.37. The van der Waals surface area contributed by atoms with Crippen molar-refractivity contribution in [3.63, 3.8) is 0 Å². The Bertz CT molecular complexity index is 141. The highest BCUT2D eigenvalue weighted by Crippen LogP contribution is 2.27. The smallest absolute Gasteiger partial charge is 0.0521 e. The number of nitrogens with zero attached hydrogens (tertiary/aromatic N) is 1. The fourth-order valence-electron chi connectivity index (χ4n) is 1.91. The number of fused-ring (bicyclic) bond motifs is 2. The van der Waals surface area contributed by atoms with Crippen LogP contribution in [0.2, 0.25) is 0 Å². The zero-order chi connectivity index (χ0) is 7.84. The summed E-state index contributed by atoms with van der Waals surface area (Å²) in [6, 6.07) is 0.384. The number of ether oxygens (including phenoxy) is 1. The summed E-state index contributed by atoms with van der Waals surface area (Å²) in [5.74, 6) is 1.14. The van der Waals surface area contributed by atoms with Crippen molar-refractivity contribution in [2.24, 2.45) is 17.6 Å². The molecule has 0 aliphatic carbocycles. The lowest BCUT2D eigenvalue weighted by atomic mass is 9.84. The summed E-state index contributed by atoms with van der Waals surface area (Å²) in [7, 11) is 0. The minimum Gasteiger partial charge on any atom is -0.381 e. The number of halogens is 1. The first-order chi connectivity index (χ1) is 5.27. The van der Waals surface area contributed by atoms with Gasteiger partial charge in [-0.1, -0.05) is 0 Å². The second kappa shape index (κ2) is 3.16. The van der Waals surface area contributed by atoms with E-state index < -0.39 is 0 Å². The van der Waals surface area contributed by atoms with Gasteiger partial charge in [0, 0.05) is 53.8 Å². The third-order valence-corrected chi connectivity index (χ3v) is 3.41. The lowest BCUT2D eigenvalue weighted by molar-refractivity contribution is -0.0303. The molecule has 0 aromatic carbocycles. The molecule has 2 N–H and O–H groups in total. The molecule has 3 nitrogen and oxygen atoms in total. The van der Waals surface area contributed by atoms with Gasteiger partial charge in [-0.3, -0.25) is 0 Å². The largest absolute Gasteiger partial charge is 0.381 e. The molecule has 0 saturated carbocycles. The number of nitrogens with two attached hydrogens (primary N) is 1. The Labute approximate surface area is 80.7 Å². The maximum absolute atomic E-state index is 6.04. The van der Waals surface area contributed by atoms with Crippen LogP contribution in [0.25, 0.3) is 0 Å². The Morgan fingerprint density at radius 3 is 2.36 bits per heavy atom. The molecule has 2 rings (SSSR count). The average Bonchev–Trinajstić information content (AvgIpc) is 1.92. The van der Waals surface area contributed by atoms with Crippen LogP contribution in [0.15, 0.2) is 0 Å². The molecule has 2 aliphatic heterocycles. The second-order valence-electron chi connectivity index (χ2n) is 3.46. The molecule has 0 spiro atoms. The van der Waals surface area contributed by atoms with Crippen molar-refractivity contribution in [1.82, 2.24) is 3.11 Å². The van der Waals surface area contributed by atoms with Crippen LogP contribution in [0.5, 0.6) is 0 Å². The summed E-state index contributed by atoms with van der Waals surface area (Å²) in [4.78, 5) is 0. The van der Waals surface area contributed by atoms with Gasteiger partial charge in [0.2, 0.25) is 0 Å². The molecule has 2 heterocycles. The molecule has 0 amide bonds. The van der Waals surface area contributed by atoms with Gasteiger partial charge in [0.1, 0.15) is 0 Å². The quantitative estimate of drug-likeness (QED) is 0.505. The number of rotatable bonds is 0. The molecule has 0 radical (unpaired) electrons. The Hall–Kier alpha value is 0.610. The lowest BCUT2D eigenvalue weighted by Gasteiger charge is -2.43. The molecule has 0 aromatic rings. The summed E-state index contributed by atoms with van der Waals surface area (Å²) in [6.07, 6.45) is 0. The van der Waals surface area contributed by atoms with Gasteiger partial charge in [-0.15, -0.1) is 0 Å². The molecule has 64 valence electrons. The van der Waals surface area contributed by atoms with Gasteiger partial charge in [-0.25, -0.2) is 3.11 Å². The van der Waals surface area contributed by atoms with E-state index in [4.69, 9.17) is 10.5 Å². The van der Waals surface area contributed by atoms with E-state index in [1.165, 1.54) is 0 Å². The van der Waals surface area contributed by atoms with Crippen molar-refractivity contribution in [2.75, 3.05) is 26.3 Å². The van der Waals surface area contributed by atoms with E-state index in [1.54, 1.807) is 0 Å². The first kappa shape index (κ1) is 8.22. The van der Waals surface area contributed by atoms with Crippen LogP contribution in [0, 0.1) is 11.8 Å². The van der Waals surface area contributed by atoms with Gasteiger partial charge in [-0.2, -0.15) is 0 Å². The van der Waals surface area contributed by atoms with E-state index in [2.05, 4.69) is 26.0 Å². The summed E-state index contributed by atoms with van der Waals surface area (Å²) in [5.41, 5.74) is 6.04. The summed E-state index contributed by atoms with van der Waals surface area (Å²) in [6.45, 7) is 3.91. The zero-order valence-corrected chi connectivity index (χ0v) is 8.53. The van der Waals surface area contributed by atoms with Crippen LogP contribution in [0.4, 0.5) is 0 Å². The first-order valence-electron chi connectivity index (χ1n) is 4.01. The number of piperidine rings is 1. The Morgan fingerprint density at radius 1 is 1.27 bits per heavy atom. The van der Waals surface area contributed by atoms with E-state index in [1.807, 2.05) is 0 Å². The SMILES string of the molecule is NC1C2COCC1CN(I)C2. The van der Waals surface area contributed by atoms with Crippen LogP contribution in [-0.2, 0) is 4.74 Å². The van der Waals surface area contributed by atoms with E-state index >= 15 is 0 Å². The summed E-state index contributed by atoms with van der Waals surface area (Å²) >= 11 is 2.38. The van der Waals surface area contributed by atoms with Gasteiger partial charge in [0.25, 0.3) is 0 Å². The minimum absolute atomic E-state index is 0.384. The Morgan fingerprint density at radius 2 is 1.82 bits per heavy atom. The highest BCUT2D eigenvalue weighted by Gasteiger charge is 2.37. The molecule has 2 atom stereocenters. The first-order valence-corrected chi connectivity index (χ1v) is 4.98. The highest BCUT2D eigenvalue weighted by atomic mass is 127. The third-order valence-electron chi connectivity index (χ3n) is 2.62. The Balaban J connectivity index is 2.07. The fourth-order valence-corrected chi connectivity index (χ4v) is 2.92. The predicted molar refractivity (Wildman–Crippen MR) is 51.4 cm³/mol. The standard InChI is InChI=1S/C7H13IN2O/c8-10-1-5-3-11-4-6(2-10)7(5)9/h5-7H,1-4,9H2. The number of hydrogen-bond donors (Lipinski definition) is 1. The fraction of sp³-hybridized carbons (Fsp3) is 1.00. The van der Waals surface area contributed by atoms with Crippen LogP contribution < -0.4 is 5.73 Å². The molecule has 2 bridgehead atoms. The third kappa shape index (κ3) is 1.54. The molecule has 2 unspecified atom stereocenters. The summed E-state index contributed by atoms with van der Waals surface area (Å²) < 4.78 is 7.78. The molecule has 2 aliphatic rings. The van der Waals surface area contributed by atoms with E-state index in [9.17, 15) is 0 Å². The monoisotopic (exact) mass is 268 g/mol. The molecule has 4 heteroatoms. The normalized spacial score (nSPS) is 45.8. The van der Waals surface area contributed by atoms with Gasteiger partial charge >= 0.3 is 0 Å². The lowest BCUT2D eigenvalue weighted by Crippen LogP contribution is -2.56. The molecule has 2 saturated heterocycles. The highest BCUT2D eigenvalue weighted by molar-refractivity contribution is 14.1. The van der Waals surface area contributed by atoms with Crippen molar-refractivity contribution < 1.29 is 4.74 Å². The minimum atomic E-state index is 0.384. The van der Waals surface area contributed by atoms with Gasteiger partial charge in [0.05, 0.1) is 13.2 Å². The maximum Gasteiger partial charge on any atom is 0.0521 e. The van der Waals surface area contributed by atoms with Crippen LogP contribution in [-0.4, -0.2) is 35.5 Å². The predicted octanol–water partition coefficient (Wildman–Crippen LogP) is 0.242. The Kier molecular flexibility index (Phi) is 2.36. The summed E-state index contributed by atoms with van der Waals surface area (Å²) in [5, 5.41) is 0. The molecular weight excluding hydrogens is 255 g/mol. The van der Waals surface area contributed by atoms with Crippen LogP contribution in [0.3, 0.4) is 0 Å².